The van der Waals surface area contributed by atoms with Gasteiger partial charge in [0.15, 0.2) is 0 Å². The van der Waals surface area contributed by atoms with E-state index in [2.05, 4.69) is 15.9 Å². The van der Waals surface area contributed by atoms with Crippen LogP contribution >= 0.6 is 15.9 Å². The van der Waals surface area contributed by atoms with Crippen molar-refractivity contribution < 1.29 is 23.4 Å². The summed E-state index contributed by atoms with van der Waals surface area (Å²) in [5.41, 5.74) is 2.43. The molecule has 0 N–H and O–H groups in total. The van der Waals surface area contributed by atoms with E-state index in [9.17, 15) is 9.18 Å². The van der Waals surface area contributed by atoms with Crippen LogP contribution in [0.25, 0.3) is 0 Å². The minimum absolute atomic E-state index is 0.152. The van der Waals surface area contributed by atoms with Gasteiger partial charge in [0, 0.05) is 15.6 Å². The van der Waals surface area contributed by atoms with Crippen LogP contribution in [0.4, 0.5) is 4.39 Å². The fourth-order valence-electron chi connectivity index (χ4n) is 3.77. The van der Waals surface area contributed by atoms with Crippen molar-refractivity contribution in [2.75, 3.05) is 7.11 Å². The zero-order valence-electron chi connectivity index (χ0n) is 14.2. The lowest BCUT2D eigenvalue weighted by Gasteiger charge is -2.23. The molecule has 2 aromatic rings. The molecule has 1 unspecified atom stereocenters. The van der Waals surface area contributed by atoms with Crippen LogP contribution in [0, 0.1) is 5.82 Å². The maximum absolute atomic E-state index is 14.4. The molecule has 0 saturated carbocycles. The van der Waals surface area contributed by atoms with Crippen LogP contribution in [0.15, 0.2) is 40.9 Å². The molecule has 26 heavy (non-hydrogen) atoms. The van der Waals surface area contributed by atoms with E-state index in [1.54, 1.807) is 6.07 Å². The van der Waals surface area contributed by atoms with Crippen molar-refractivity contribution in [1.29, 1.82) is 0 Å². The number of carbonyl (C=O) groups is 1. The molecule has 1 heterocycles. The number of hydrogen-bond donors (Lipinski definition) is 0. The topological polar surface area (TPSA) is 44.8 Å². The first-order valence-corrected chi connectivity index (χ1v) is 9.32. The van der Waals surface area contributed by atoms with Gasteiger partial charge in [-0.2, -0.15) is 0 Å². The summed E-state index contributed by atoms with van der Waals surface area (Å²) < 4.78 is 32.2. The van der Waals surface area contributed by atoms with Gasteiger partial charge in [-0.05, 0) is 36.6 Å². The molecule has 0 bridgehead atoms. The van der Waals surface area contributed by atoms with Gasteiger partial charge in [0.1, 0.15) is 11.6 Å². The van der Waals surface area contributed by atoms with Crippen molar-refractivity contribution in [2.45, 2.75) is 37.6 Å². The molecule has 0 saturated heterocycles. The summed E-state index contributed by atoms with van der Waals surface area (Å²) in [6, 6.07) is 10.7. The third kappa shape index (κ3) is 3.01. The van der Waals surface area contributed by atoms with Crippen molar-refractivity contribution in [2.24, 2.45) is 0 Å². The highest BCUT2D eigenvalue weighted by molar-refractivity contribution is 9.10. The fraction of sp³-hybridized carbons (Fsp3) is 0.350. The number of para-hydroxylation sites is 1. The number of carbonyl (C=O) groups excluding carboxylic acids is 1. The number of esters is 1. The number of rotatable bonds is 4. The molecule has 2 aliphatic rings. The van der Waals surface area contributed by atoms with Crippen LogP contribution in [0.3, 0.4) is 0 Å². The maximum atomic E-state index is 14.4. The van der Waals surface area contributed by atoms with E-state index >= 15 is 0 Å². The lowest BCUT2D eigenvalue weighted by atomic mass is 9.96. The molecule has 0 fully saturated rings. The van der Waals surface area contributed by atoms with Crippen molar-refractivity contribution in [3.8, 4) is 5.75 Å². The summed E-state index contributed by atoms with van der Waals surface area (Å²) in [5.74, 6) is -0.187. The van der Waals surface area contributed by atoms with Gasteiger partial charge in [0.05, 0.1) is 25.6 Å². The van der Waals surface area contributed by atoms with E-state index in [1.807, 2.05) is 24.3 Å². The first kappa shape index (κ1) is 17.5. The average Bonchev–Trinajstić information content (AvgIpc) is 3.21. The first-order valence-electron chi connectivity index (χ1n) is 8.53. The summed E-state index contributed by atoms with van der Waals surface area (Å²) in [7, 11) is 1.36. The Morgan fingerprint density at radius 2 is 2.12 bits per heavy atom. The summed E-state index contributed by atoms with van der Waals surface area (Å²) in [6.07, 6.45) is 0.511. The van der Waals surface area contributed by atoms with Gasteiger partial charge in [-0.25, -0.2) is 4.39 Å². The third-order valence-corrected chi connectivity index (χ3v) is 5.77. The largest absolute Gasteiger partial charge is 0.469 e. The molecule has 6 heteroatoms. The quantitative estimate of drug-likeness (QED) is 0.674. The summed E-state index contributed by atoms with van der Waals surface area (Å²) >= 11 is 3.48. The standard InChI is InChI=1S/C20H18BrFO4/c1-24-18(23)10-13-11-4-2-3-5-16(11)25-20(13)26-17-9-6-12-14(21)7-8-15(22)19(12)17/h2-5,7-8,13,17,20H,6,9-10H2,1H3/t13?,17-,20-/m1/s1. The third-order valence-electron chi connectivity index (χ3n) is 5.03. The second kappa shape index (κ2) is 7.00. The smallest absolute Gasteiger partial charge is 0.306 e. The van der Waals surface area contributed by atoms with E-state index in [1.165, 1.54) is 13.2 Å². The average molecular weight is 421 g/mol. The van der Waals surface area contributed by atoms with Gasteiger partial charge < -0.3 is 14.2 Å². The Bertz CT molecular complexity index is 854. The van der Waals surface area contributed by atoms with Crippen LogP contribution in [0.5, 0.6) is 5.75 Å². The number of benzene rings is 2. The van der Waals surface area contributed by atoms with Gasteiger partial charge in [-0.15, -0.1) is 0 Å². The number of hydrogen-bond acceptors (Lipinski definition) is 4. The van der Waals surface area contributed by atoms with E-state index in [0.29, 0.717) is 17.7 Å². The second-order valence-electron chi connectivity index (χ2n) is 6.50. The van der Waals surface area contributed by atoms with E-state index in [4.69, 9.17) is 14.2 Å². The molecule has 1 aliphatic carbocycles. The van der Waals surface area contributed by atoms with Crippen molar-refractivity contribution in [1.82, 2.24) is 0 Å². The Hall–Kier alpha value is -1.92. The summed E-state index contributed by atoms with van der Waals surface area (Å²) in [5, 5.41) is 0. The normalized spacial score (nSPS) is 23.3. The maximum Gasteiger partial charge on any atom is 0.306 e. The van der Waals surface area contributed by atoms with E-state index in [0.717, 1.165) is 22.0 Å². The Balaban J connectivity index is 1.61. The molecule has 4 rings (SSSR count). The number of fused-ring (bicyclic) bond motifs is 2. The Labute approximate surface area is 159 Å². The predicted octanol–water partition coefficient (Wildman–Crippen LogP) is 4.66. The Kier molecular flexibility index (Phi) is 4.71. The highest BCUT2D eigenvalue weighted by Gasteiger charge is 2.40. The van der Waals surface area contributed by atoms with Crippen LogP contribution in [0.1, 0.15) is 41.6 Å². The highest BCUT2D eigenvalue weighted by atomic mass is 79.9. The number of ether oxygens (including phenoxy) is 3. The molecule has 0 spiro atoms. The zero-order valence-corrected chi connectivity index (χ0v) is 15.8. The molecular weight excluding hydrogens is 403 g/mol. The molecular formula is C20H18BrFO4. The van der Waals surface area contributed by atoms with Crippen molar-refractivity contribution in [3.05, 3.63) is 63.4 Å². The molecule has 1 aliphatic heterocycles. The van der Waals surface area contributed by atoms with Gasteiger partial charge >= 0.3 is 5.97 Å². The summed E-state index contributed by atoms with van der Waals surface area (Å²) in [4.78, 5) is 11.9. The molecule has 4 nitrogen and oxygen atoms in total. The van der Waals surface area contributed by atoms with Gasteiger partial charge in [0.25, 0.3) is 0 Å². The lowest BCUT2D eigenvalue weighted by Crippen LogP contribution is -2.26. The SMILES string of the molecule is COC(=O)CC1c2ccccc2O[C@@H]1O[C@@H]1CCc2c(Br)ccc(F)c21. The lowest BCUT2D eigenvalue weighted by molar-refractivity contribution is -0.148. The Morgan fingerprint density at radius 1 is 1.31 bits per heavy atom. The van der Waals surface area contributed by atoms with Crippen LogP contribution in [-0.2, 0) is 20.7 Å². The van der Waals surface area contributed by atoms with Crippen molar-refractivity contribution in [3.63, 3.8) is 0 Å². The zero-order chi connectivity index (χ0) is 18.3. The minimum Gasteiger partial charge on any atom is -0.469 e. The number of methoxy groups -OCH3 is 1. The Morgan fingerprint density at radius 3 is 2.92 bits per heavy atom. The minimum atomic E-state index is -0.652. The highest BCUT2D eigenvalue weighted by Crippen LogP contribution is 2.46. The van der Waals surface area contributed by atoms with Crippen LogP contribution in [0.2, 0.25) is 0 Å². The van der Waals surface area contributed by atoms with E-state index < -0.39 is 12.4 Å². The molecule has 0 radical (unpaired) electrons. The monoisotopic (exact) mass is 420 g/mol. The molecule has 136 valence electrons. The van der Waals surface area contributed by atoms with Gasteiger partial charge in [-0.3, -0.25) is 4.79 Å². The molecule has 2 aromatic carbocycles. The fourth-order valence-corrected chi connectivity index (χ4v) is 4.31. The molecule has 3 atom stereocenters. The van der Waals surface area contributed by atoms with Gasteiger partial charge in [0.2, 0.25) is 6.29 Å². The van der Waals surface area contributed by atoms with Gasteiger partial charge in [-0.1, -0.05) is 34.1 Å². The first-order chi connectivity index (χ1) is 12.6. The summed E-state index contributed by atoms with van der Waals surface area (Å²) in [6.45, 7) is 0. The molecule has 0 aromatic heterocycles. The predicted molar refractivity (Wildman–Crippen MR) is 96.5 cm³/mol. The van der Waals surface area contributed by atoms with Crippen LogP contribution < -0.4 is 4.74 Å². The van der Waals surface area contributed by atoms with Crippen molar-refractivity contribution >= 4 is 21.9 Å². The van der Waals surface area contributed by atoms with Crippen LogP contribution in [-0.4, -0.2) is 19.4 Å². The number of halogens is 2. The van der Waals surface area contributed by atoms with E-state index in [-0.39, 0.29) is 24.1 Å². The second-order valence-corrected chi connectivity index (χ2v) is 7.35. The molecule has 0 amide bonds.